The number of hydrogen-bond donors (Lipinski definition) is 0. The fraction of sp³-hybridized carbons (Fsp3) is 0.115. The van der Waals surface area contributed by atoms with Crippen LogP contribution in [0.25, 0.3) is 6.08 Å². The van der Waals surface area contributed by atoms with E-state index in [-0.39, 0.29) is 22.9 Å². The Morgan fingerprint density at radius 2 is 1.76 bits per heavy atom. The van der Waals surface area contributed by atoms with Gasteiger partial charge >= 0.3 is 5.97 Å². The molecule has 0 unspecified atom stereocenters. The van der Waals surface area contributed by atoms with E-state index < -0.39 is 22.0 Å². The Hall–Kier alpha value is -4.15. The maximum absolute atomic E-state index is 12.9. The van der Waals surface area contributed by atoms with Crippen molar-refractivity contribution in [3.8, 4) is 11.5 Å². The molecule has 9 nitrogen and oxygen atoms in total. The molecule has 1 saturated heterocycles. The fourth-order valence-electron chi connectivity index (χ4n) is 3.41. The standard InChI is InChI=1S/C26H19ClN2O7S/c1-2-35-22-13-17(5-12-21(22)36-25(31)18-6-8-19(27)9-7-18)14-23-24(30)28(26(32)37-23)15-16-3-10-20(11-4-16)29(33)34/h3-14H,2,15H2,1H3/b23-14-. The van der Waals surface area contributed by atoms with Crippen LogP contribution >= 0.6 is 23.4 Å². The molecule has 0 spiro atoms. The Bertz CT molecular complexity index is 1410. The van der Waals surface area contributed by atoms with Gasteiger partial charge in [-0.1, -0.05) is 29.8 Å². The fourth-order valence-corrected chi connectivity index (χ4v) is 4.37. The van der Waals surface area contributed by atoms with E-state index in [1.807, 2.05) is 0 Å². The second-order valence-electron chi connectivity index (χ2n) is 7.73. The van der Waals surface area contributed by atoms with Crippen LogP contribution in [0.5, 0.6) is 11.5 Å². The number of thioether (sulfide) groups is 1. The quantitative estimate of drug-likeness (QED) is 0.111. The minimum atomic E-state index is -0.585. The van der Waals surface area contributed by atoms with E-state index in [1.165, 1.54) is 24.3 Å². The molecule has 2 amide bonds. The molecule has 3 aromatic rings. The van der Waals surface area contributed by atoms with Crippen LogP contribution in [0.15, 0.2) is 71.6 Å². The summed E-state index contributed by atoms with van der Waals surface area (Å²) in [6, 6.07) is 16.7. The van der Waals surface area contributed by atoms with Gasteiger partial charge < -0.3 is 9.47 Å². The highest BCUT2D eigenvalue weighted by molar-refractivity contribution is 8.18. The van der Waals surface area contributed by atoms with E-state index in [0.717, 1.165) is 16.7 Å². The molecule has 1 fully saturated rings. The molecule has 1 aliphatic heterocycles. The predicted octanol–water partition coefficient (Wildman–Crippen LogP) is 6.10. The third-order valence-electron chi connectivity index (χ3n) is 5.21. The third-order valence-corrected chi connectivity index (χ3v) is 6.37. The van der Waals surface area contributed by atoms with Gasteiger partial charge in [0.2, 0.25) is 0 Å². The van der Waals surface area contributed by atoms with Crippen molar-refractivity contribution < 1.29 is 28.8 Å². The highest BCUT2D eigenvalue weighted by Gasteiger charge is 2.35. The minimum Gasteiger partial charge on any atom is -0.490 e. The van der Waals surface area contributed by atoms with Gasteiger partial charge in [-0.25, -0.2) is 4.79 Å². The number of carbonyl (C=O) groups excluding carboxylic acids is 3. The molecule has 0 atom stereocenters. The summed E-state index contributed by atoms with van der Waals surface area (Å²) in [6.07, 6.45) is 1.55. The molecule has 3 aromatic carbocycles. The average Bonchev–Trinajstić information content (AvgIpc) is 3.13. The monoisotopic (exact) mass is 538 g/mol. The Balaban J connectivity index is 1.51. The zero-order valence-corrected chi connectivity index (χ0v) is 21.0. The van der Waals surface area contributed by atoms with Gasteiger partial charge in [0.15, 0.2) is 11.5 Å². The number of hydrogen-bond acceptors (Lipinski definition) is 8. The van der Waals surface area contributed by atoms with Crippen molar-refractivity contribution in [1.82, 2.24) is 4.90 Å². The Labute approximate surface area is 220 Å². The Morgan fingerprint density at radius 1 is 1.05 bits per heavy atom. The molecule has 1 aliphatic rings. The van der Waals surface area contributed by atoms with Crippen molar-refractivity contribution in [2.75, 3.05) is 6.61 Å². The molecule has 4 rings (SSSR count). The molecule has 11 heteroatoms. The molecule has 0 aliphatic carbocycles. The number of nitro groups is 1. The van der Waals surface area contributed by atoms with Gasteiger partial charge in [-0.15, -0.1) is 0 Å². The number of nitro benzene ring substituents is 1. The SMILES string of the molecule is CCOc1cc(/C=C2\SC(=O)N(Cc3ccc([N+](=O)[O-])cc3)C2=O)ccc1OC(=O)c1ccc(Cl)cc1. The van der Waals surface area contributed by atoms with Gasteiger partial charge in [0.05, 0.1) is 28.5 Å². The van der Waals surface area contributed by atoms with E-state index in [2.05, 4.69) is 0 Å². The van der Waals surface area contributed by atoms with Crippen molar-refractivity contribution in [3.05, 3.63) is 103 Å². The number of esters is 1. The zero-order chi connectivity index (χ0) is 26.5. The largest absolute Gasteiger partial charge is 0.490 e. The van der Waals surface area contributed by atoms with Gasteiger partial charge in [-0.05, 0) is 72.3 Å². The van der Waals surface area contributed by atoms with E-state index in [4.69, 9.17) is 21.1 Å². The van der Waals surface area contributed by atoms with E-state index in [0.29, 0.717) is 34.1 Å². The second kappa shape index (κ2) is 11.3. The van der Waals surface area contributed by atoms with Gasteiger partial charge in [0, 0.05) is 17.2 Å². The van der Waals surface area contributed by atoms with E-state index >= 15 is 0 Å². The molecule has 0 aromatic heterocycles. The molecule has 0 saturated carbocycles. The summed E-state index contributed by atoms with van der Waals surface area (Å²) in [7, 11) is 0. The summed E-state index contributed by atoms with van der Waals surface area (Å²) < 4.78 is 11.1. The number of carbonyl (C=O) groups is 3. The smallest absolute Gasteiger partial charge is 0.343 e. The first-order valence-corrected chi connectivity index (χ1v) is 12.2. The van der Waals surface area contributed by atoms with Crippen molar-refractivity contribution in [1.29, 1.82) is 0 Å². The number of imide groups is 1. The van der Waals surface area contributed by atoms with Crippen LogP contribution in [0, 0.1) is 10.1 Å². The molecule has 0 bridgehead atoms. The molecule has 188 valence electrons. The van der Waals surface area contributed by atoms with E-state index in [9.17, 15) is 24.5 Å². The molecule has 1 heterocycles. The maximum atomic E-state index is 12.9. The lowest BCUT2D eigenvalue weighted by Gasteiger charge is -2.12. The zero-order valence-electron chi connectivity index (χ0n) is 19.4. The molecular weight excluding hydrogens is 520 g/mol. The summed E-state index contributed by atoms with van der Waals surface area (Å²) in [4.78, 5) is 49.5. The molecular formula is C26H19ClN2O7S. The highest BCUT2D eigenvalue weighted by atomic mass is 35.5. The van der Waals surface area contributed by atoms with Crippen LogP contribution in [0.4, 0.5) is 10.5 Å². The molecule has 37 heavy (non-hydrogen) atoms. The van der Waals surface area contributed by atoms with Gasteiger partial charge in [-0.2, -0.15) is 0 Å². The Morgan fingerprint density at radius 3 is 2.41 bits per heavy atom. The third kappa shape index (κ3) is 6.16. The summed E-state index contributed by atoms with van der Waals surface area (Å²) >= 11 is 6.66. The van der Waals surface area contributed by atoms with Crippen LogP contribution in [0.3, 0.4) is 0 Å². The van der Waals surface area contributed by atoms with Crippen LogP contribution < -0.4 is 9.47 Å². The van der Waals surface area contributed by atoms with Crippen molar-refractivity contribution in [2.45, 2.75) is 13.5 Å². The predicted molar refractivity (Wildman–Crippen MR) is 139 cm³/mol. The minimum absolute atomic E-state index is 0.0101. The Kier molecular flexibility index (Phi) is 7.90. The summed E-state index contributed by atoms with van der Waals surface area (Å²) in [5.41, 5.74) is 1.39. The van der Waals surface area contributed by atoms with Crippen LogP contribution in [-0.2, 0) is 11.3 Å². The van der Waals surface area contributed by atoms with E-state index in [1.54, 1.807) is 55.5 Å². The van der Waals surface area contributed by atoms with Crippen LogP contribution in [0.1, 0.15) is 28.4 Å². The van der Waals surface area contributed by atoms with Crippen molar-refractivity contribution in [3.63, 3.8) is 0 Å². The first-order valence-electron chi connectivity index (χ1n) is 11.0. The lowest BCUT2D eigenvalue weighted by atomic mass is 10.1. The van der Waals surface area contributed by atoms with Gasteiger partial charge in [0.1, 0.15) is 0 Å². The summed E-state index contributed by atoms with van der Waals surface area (Å²) in [6.45, 7) is 2.07. The number of nitrogens with zero attached hydrogens (tertiary/aromatic N) is 2. The number of rotatable bonds is 8. The molecule has 0 N–H and O–H groups in total. The lowest BCUT2D eigenvalue weighted by molar-refractivity contribution is -0.384. The maximum Gasteiger partial charge on any atom is 0.343 e. The first-order chi connectivity index (χ1) is 17.7. The molecule has 0 radical (unpaired) electrons. The van der Waals surface area contributed by atoms with Gasteiger partial charge in [-0.3, -0.25) is 24.6 Å². The van der Waals surface area contributed by atoms with Crippen molar-refractivity contribution in [2.24, 2.45) is 0 Å². The average molecular weight is 539 g/mol. The number of amides is 2. The van der Waals surface area contributed by atoms with Crippen LogP contribution in [0.2, 0.25) is 5.02 Å². The number of ether oxygens (including phenoxy) is 2. The number of halogens is 1. The summed E-state index contributed by atoms with van der Waals surface area (Å²) in [5.74, 6) is -0.573. The number of benzene rings is 3. The van der Waals surface area contributed by atoms with Crippen molar-refractivity contribution >= 4 is 52.2 Å². The second-order valence-corrected chi connectivity index (χ2v) is 9.16. The topological polar surface area (TPSA) is 116 Å². The van der Waals surface area contributed by atoms with Crippen LogP contribution in [-0.4, -0.2) is 33.5 Å². The normalized spacial score (nSPS) is 14.2. The highest BCUT2D eigenvalue weighted by Crippen LogP contribution is 2.35. The van der Waals surface area contributed by atoms with Gasteiger partial charge in [0.25, 0.3) is 16.8 Å². The summed E-state index contributed by atoms with van der Waals surface area (Å²) in [5, 5.41) is 10.9. The first kappa shape index (κ1) is 25.9. The number of non-ortho nitro benzene ring substituents is 1. The lowest BCUT2D eigenvalue weighted by Crippen LogP contribution is -2.27.